The van der Waals surface area contributed by atoms with Crippen LogP contribution in [-0.2, 0) is 16.1 Å². The van der Waals surface area contributed by atoms with Gasteiger partial charge in [-0.1, -0.05) is 11.6 Å². The van der Waals surface area contributed by atoms with E-state index < -0.39 is 5.97 Å². The van der Waals surface area contributed by atoms with Gasteiger partial charge in [0.15, 0.2) is 0 Å². The van der Waals surface area contributed by atoms with Crippen molar-refractivity contribution in [3.05, 3.63) is 35.8 Å². The quantitative estimate of drug-likeness (QED) is 0.805. The Hall–Kier alpha value is -2.08. The summed E-state index contributed by atoms with van der Waals surface area (Å²) < 4.78 is 5.14. The van der Waals surface area contributed by atoms with E-state index in [0.29, 0.717) is 26.1 Å². The minimum absolute atomic E-state index is 0.207. The van der Waals surface area contributed by atoms with E-state index in [2.05, 4.69) is 11.0 Å². The molecule has 1 aromatic heterocycles. The van der Waals surface area contributed by atoms with Crippen molar-refractivity contribution >= 4 is 11.9 Å². The van der Waals surface area contributed by atoms with Crippen LogP contribution in [0.5, 0.6) is 0 Å². The van der Waals surface area contributed by atoms with Crippen molar-refractivity contribution in [1.82, 2.24) is 9.80 Å². The molecule has 146 valence electrons. The van der Waals surface area contributed by atoms with Gasteiger partial charge in [-0.3, -0.25) is 14.5 Å². The predicted molar refractivity (Wildman–Crippen MR) is 99.9 cm³/mol. The molecule has 1 aliphatic carbocycles. The van der Waals surface area contributed by atoms with Gasteiger partial charge in [-0.25, -0.2) is 0 Å². The van der Waals surface area contributed by atoms with Crippen LogP contribution in [-0.4, -0.2) is 53.0 Å². The fraction of sp³-hybridized carbons (Fsp3) is 0.619. The topological polar surface area (TPSA) is 74.0 Å². The number of amides is 1. The smallest absolute Gasteiger partial charge is 0.308 e. The fourth-order valence-electron chi connectivity index (χ4n) is 5.09. The number of carbonyl (C=O) groups is 2. The van der Waals surface area contributed by atoms with Gasteiger partial charge in [0, 0.05) is 50.1 Å². The Bertz CT molecular complexity index is 717. The number of likely N-dealkylation sites (tertiary alicyclic amines) is 2. The van der Waals surface area contributed by atoms with E-state index in [1.807, 2.05) is 11.0 Å². The highest BCUT2D eigenvalue weighted by Gasteiger charge is 2.51. The SMILES string of the molecule is O=C(O)C1CN(Cc2ccoc2)CC12CCN(C(=O)CC1=CCCC1)CC2. The molecule has 1 amide bonds. The van der Waals surface area contributed by atoms with Crippen LogP contribution >= 0.6 is 0 Å². The Morgan fingerprint density at radius 1 is 1.30 bits per heavy atom. The number of rotatable bonds is 5. The van der Waals surface area contributed by atoms with E-state index in [9.17, 15) is 14.7 Å². The molecule has 0 aromatic carbocycles. The van der Waals surface area contributed by atoms with Crippen molar-refractivity contribution in [3.8, 4) is 0 Å². The molecular formula is C21H28N2O4. The summed E-state index contributed by atoms with van der Waals surface area (Å²) in [6.07, 6.45) is 11.0. The molecule has 1 spiro atoms. The first-order valence-corrected chi connectivity index (χ1v) is 9.98. The molecule has 2 saturated heterocycles. The number of allylic oxidation sites excluding steroid dienone is 1. The third kappa shape index (κ3) is 3.81. The molecule has 6 nitrogen and oxygen atoms in total. The predicted octanol–water partition coefficient (Wildman–Crippen LogP) is 2.91. The molecule has 0 bridgehead atoms. The molecule has 27 heavy (non-hydrogen) atoms. The summed E-state index contributed by atoms with van der Waals surface area (Å²) in [6, 6.07) is 1.93. The standard InChI is InChI=1S/C21H28N2O4/c24-19(11-16-3-1-2-4-16)23-8-6-21(7-9-23)15-22(13-18(21)20(25)26)12-17-5-10-27-14-17/h3,5,10,14,18H,1-2,4,6-9,11-13,15H2,(H,25,26). The van der Waals surface area contributed by atoms with Crippen molar-refractivity contribution in [1.29, 1.82) is 0 Å². The molecule has 3 aliphatic rings. The summed E-state index contributed by atoms with van der Waals surface area (Å²) in [4.78, 5) is 28.7. The highest BCUT2D eigenvalue weighted by Crippen LogP contribution is 2.45. The van der Waals surface area contributed by atoms with Gasteiger partial charge in [0.2, 0.25) is 5.91 Å². The molecule has 1 N–H and O–H groups in total. The Morgan fingerprint density at radius 3 is 2.74 bits per heavy atom. The van der Waals surface area contributed by atoms with Gasteiger partial charge in [-0.05, 0) is 38.2 Å². The van der Waals surface area contributed by atoms with Gasteiger partial charge >= 0.3 is 5.97 Å². The van der Waals surface area contributed by atoms with Gasteiger partial charge in [-0.2, -0.15) is 0 Å². The maximum atomic E-state index is 12.6. The number of furan rings is 1. The van der Waals surface area contributed by atoms with Gasteiger partial charge in [0.05, 0.1) is 18.4 Å². The van der Waals surface area contributed by atoms with Gasteiger partial charge in [-0.15, -0.1) is 0 Å². The van der Waals surface area contributed by atoms with Crippen LogP contribution in [0.2, 0.25) is 0 Å². The number of nitrogens with zero attached hydrogens (tertiary/aromatic N) is 2. The van der Waals surface area contributed by atoms with Gasteiger partial charge < -0.3 is 14.4 Å². The van der Waals surface area contributed by atoms with Gasteiger partial charge in [0.25, 0.3) is 0 Å². The van der Waals surface area contributed by atoms with E-state index in [-0.39, 0.29) is 17.2 Å². The molecule has 1 unspecified atom stereocenters. The third-order valence-electron chi connectivity index (χ3n) is 6.63. The van der Waals surface area contributed by atoms with E-state index in [1.54, 1.807) is 12.5 Å². The molecule has 0 saturated carbocycles. The van der Waals surface area contributed by atoms with Crippen LogP contribution in [0.1, 0.15) is 44.1 Å². The Morgan fingerprint density at radius 2 is 2.11 bits per heavy atom. The molecule has 3 heterocycles. The lowest BCUT2D eigenvalue weighted by Crippen LogP contribution is -2.48. The minimum Gasteiger partial charge on any atom is -0.481 e. The lowest BCUT2D eigenvalue weighted by atomic mass is 9.71. The molecule has 2 fully saturated rings. The molecule has 1 aromatic rings. The van der Waals surface area contributed by atoms with Crippen LogP contribution in [0, 0.1) is 11.3 Å². The lowest BCUT2D eigenvalue weighted by molar-refractivity contribution is -0.146. The van der Waals surface area contributed by atoms with Crippen molar-refractivity contribution < 1.29 is 19.1 Å². The first kappa shape index (κ1) is 18.3. The van der Waals surface area contributed by atoms with E-state index >= 15 is 0 Å². The zero-order valence-corrected chi connectivity index (χ0v) is 15.7. The normalized spacial score (nSPS) is 25.1. The van der Waals surface area contributed by atoms with Crippen LogP contribution < -0.4 is 0 Å². The largest absolute Gasteiger partial charge is 0.481 e. The lowest BCUT2D eigenvalue weighted by Gasteiger charge is -2.41. The number of carboxylic acids is 1. The maximum Gasteiger partial charge on any atom is 0.308 e. The number of hydrogen-bond donors (Lipinski definition) is 1. The number of hydrogen-bond acceptors (Lipinski definition) is 4. The minimum atomic E-state index is -0.708. The summed E-state index contributed by atoms with van der Waals surface area (Å²) in [6.45, 7) is 3.42. The van der Waals surface area contributed by atoms with Gasteiger partial charge in [0.1, 0.15) is 0 Å². The van der Waals surface area contributed by atoms with Crippen molar-refractivity contribution in [3.63, 3.8) is 0 Å². The van der Waals surface area contributed by atoms with Crippen LogP contribution in [0.3, 0.4) is 0 Å². The summed E-state index contributed by atoms with van der Waals surface area (Å²) in [5, 5.41) is 9.81. The molecule has 2 aliphatic heterocycles. The fourth-order valence-corrected chi connectivity index (χ4v) is 5.09. The Balaban J connectivity index is 1.38. The average Bonchev–Trinajstić information content (AvgIpc) is 3.38. The summed E-state index contributed by atoms with van der Waals surface area (Å²) >= 11 is 0. The maximum absolute atomic E-state index is 12.6. The second-order valence-corrected chi connectivity index (χ2v) is 8.37. The Labute approximate surface area is 159 Å². The van der Waals surface area contributed by atoms with Crippen LogP contribution in [0.4, 0.5) is 0 Å². The van der Waals surface area contributed by atoms with Crippen molar-refractivity contribution in [2.75, 3.05) is 26.2 Å². The Kier molecular flexibility index (Phi) is 5.08. The average molecular weight is 372 g/mol. The number of piperidine rings is 1. The van der Waals surface area contributed by atoms with Crippen molar-refractivity contribution in [2.45, 2.75) is 45.1 Å². The highest BCUT2D eigenvalue weighted by molar-refractivity contribution is 5.79. The second-order valence-electron chi connectivity index (χ2n) is 8.37. The second kappa shape index (κ2) is 7.50. The summed E-state index contributed by atoms with van der Waals surface area (Å²) in [7, 11) is 0. The van der Waals surface area contributed by atoms with E-state index in [0.717, 1.165) is 44.3 Å². The third-order valence-corrected chi connectivity index (χ3v) is 6.63. The summed E-state index contributed by atoms with van der Waals surface area (Å²) in [5.41, 5.74) is 2.13. The number of aliphatic carboxylic acids is 1. The zero-order chi connectivity index (χ0) is 18.9. The summed E-state index contributed by atoms with van der Waals surface area (Å²) in [5.74, 6) is -0.863. The molecule has 6 heteroatoms. The molecular weight excluding hydrogens is 344 g/mol. The van der Waals surface area contributed by atoms with Crippen LogP contribution in [0.25, 0.3) is 0 Å². The first-order chi connectivity index (χ1) is 13.1. The number of carboxylic acid groups (broad SMARTS) is 1. The molecule has 4 rings (SSSR count). The monoisotopic (exact) mass is 372 g/mol. The first-order valence-electron chi connectivity index (χ1n) is 9.98. The zero-order valence-electron chi connectivity index (χ0n) is 15.7. The van der Waals surface area contributed by atoms with Crippen molar-refractivity contribution in [2.24, 2.45) is 11.3 Å². The highest BCUT2D eigenvalue weighted by atomic mass is 16.4. The van der Waals surface area contributed by atoms with Crippen LogP contribution in [0.15, 0.2) is 34.7 Å². The van der Waals surface area contributed by atoms with E-state index in [1.165, 1.54) is 12.0 Å². The molecule has 1 atom stereocenters. The van der Waals surface area contributed by atoms with E-state index in [4.69, 9.17) is 4.42 Å². The number of carbonyl (C=O) groups excluding carboxylic acids is 1. The molecule has 0 radical (unpaired) electrons.